The highest BCUT2D eigenvalue weighted by molar-refractivity contribution is 7.03. The van der Waals surface area contributed by atoms with Gasteiger partial charge in [-0.1, -0.05) is 6.92 Å². The SMILES string of the molecule is CCC(OC)Oc1ccsn1. The van der Waals surface area contributed by atoms with Gasteiger partial charge in [-0.15, -0.1) is 0 Å². The molecule has 1 unspecified atom stereocenters. The van der Waals surface area contributed by atoms with Crippen molar-refractivity contribution in [1.29, 1.82) is 0 Å². The summed E-state index contributed by atoms with van der Waals surface area (Å²) in [6.07, 6.45) is 0.658. The first-order valence-electron chi connectivity index (χ1n) is 3.46. The molecule has 0 bridgehead atoms. The first kappa shape index (κ1) is 8.49. The van der Waals surface area contributed by atoms with Crippen molar-refractivity contribution >= 4 is 11.5 Å². The van der Waals surface area contributed by atoms with Gasteiger partial charge in [0.25, 0.3) is 0 Å². The van der Waals surface area contributed by atoms with E-state index in [1.165, 1.54) is 11.5 Å². The average molecular weight is 173 g/mol. The molecule has 1 rings (SSSR count). The summed E-state index contributed by atoms with van der Waals surface area (Å²) in [5.74, 6) is 0.642. The Morgan fingerprint density at radius 2 is 2.55 bits per heavy atom. The highest BCUT2D eigenvalue weighted by Gasteiger charge is 2.05. The smallest absolute Gasteiger partial charge is 0.227 e. The van der Waals surface area contributed by atoms with Gasteiger partial charge in [0, 0.05) is 25.0 Å². The van der Waals surface area contributed by atoms with E-state index in [1.807, 2.05) is 18.4 Å². The number of hydrogen-bond acceptors (Lipinski definition) is 4. The molecule has 0 aliphatic heterocycles. The van der Waals surface area contributed by atoms with Gasteiger partial charge in [-0.3, -0.25) is 0 Å². The van der Waals surface area contributed by atoms with Crippen molar-refractivity contribution in [3.8, 4) is 5.88 Å². The Hall–Kier alpha value is -0.610. The number of methoxy groups -OCH3 is 1. The van der Waals surface area contributed by atoms with Gasteiger partial charge in [0.1, 0.15) is 0 Å². The molecule has 0 fully saturated rings. The summed E-state index contributed by atoms with van der Waals surface area (Å²) < 4.78 is 14.3. The second-order valence-corrected chi connectivity index (χ2v) is 2.69. The fourth-order valence-corrected chi connectivity index (χ4v) is 1.14. The summed E-state index contributed by atoms with van der Waals surface area (Å²) in [5, 5.41) is 1.87. The van der Waals surface area contributed by atoms with Crippen LogP contribution in [0.2, 0.25) is 0 Å². The van der Waals surface area contributed by atoms with Crippen molar-refractivity contribution in [3.05, 3.63) is 11.4 Å². The molecule has 1 aromatic rings. The van der Waals surface area contributed by atoms with Crippen LogP contribution < -0.4 is 4.74 Å². The fraction of sp³-hybridized carbons (Fsp3) is 0.571. The maximum absolute atomic E-state index is 5.33. The molecule has 1 atom stereocenters. The molecule has 62 valence electrons. The highest BCUT2D eigenvalue weighted by atomic mass is 32.1. The molecule has 0 saturated carbocycles. The van der Waals surface area contributed by atoms with Crippen LogP contribution in [0, 0.1) is 0 Å². The van der Waals surface area contributed by atoms with Gasteiger partial charge in [-0.2, -0.15) is 4.37 Å². The Morgan fingerprint density at radius 3 is 3.00 bits per heavy atom. The van der Waals surface area contributed by atoms with Crippen LogP contribution in [-0.2, 0) is 4.74 Å². The van der Waals surface area contributed by atoms with Crippen molar-refractivity contribution in [2.45, 2.75) is 19.6 Å². The van der Waals surface area contributed by atoms with E-state index in [4.69, 9.17) is 9.47 Å². The average Bonchev–Trinajstić information content (AvgIpc) is 2.52. The first-order valence-corrected chi connectivity index (χ1v) is 4.30. The van der Waals surface area contributed by atoms with Gasteiger partial charge in [0.05, 0.1) is 0 Å². The van der Waals surface area contributed by atoms with E-state index >= 15 is 0 Å². The standard InChI is InChI=1S/C7H11NO2S/c1-3-7(9-2)10-6-4-5-11-8-6/h4-5,7H,3H2,1-2H3. The predicted octanol–water partition coefficient (Wildman–Crippen LogP) is 1.90. The maximum Gasteiger partial charge on any atom is 0.227 e. The summed E-state index contributed by atoms with van der Waals surface area (Å²) in [5.41, 5.74) is 0. The zero-order valence-corrected chi connectivity index (χ0v) is 7.43. The predicted molar refractivity (Wildman–Crippen MR) is 43.8 cm³/mol. The molecule has 1 heterocycles. The van der Waals surface area contributed by atoms with Crippen molar-refractivity contribution < 1.29 is 9.47 Å². The van der Waals surface area contributed by atoms with Crippen molar-refractivity contribution in [2.24, 2.45) is 0 Å². The molecule has 0 radical (unpaired) electrons. The van der Waals surface area contributed by atoms with Gasteiger partial charge in [-0.25, -0.2) is 0 Å². The van der Waals surface area contributed by atoms with Crippen molar-refractivity contribution in [3.63, 3.8) is 0 Å². The minimum Gasteiger partial charge on any atom is -0.447 e. The van der Waals surface area contributed by atoms with E-state index in [2.05, 4.69) is 4.37 Å². The molecule has 0 aliphatic rings. The van der Waals surface area contributed by atoms with E-state index in [9.17, 15) is 0 Å². The summed E-state index contributed by atoms with van der Waals surface area (Å²) in [4.78, 5) is 0. The summed E-state index contributed by atoms with van der Waals surface area (Å²) in [7, 11) is 1.63. The molecule has 4 heteroatoms. The lowest BCUT2D eigenvalue weighted by atomic mass is 10.5. The largest absolute Gasteiger partial charge is 0.447 e. The minimum absolute atomic E-state index is 0.169. The Bertz CT molecular complexity index is 184. The molecular weight excluding hydrogens is 162 g/mol. The van der Waals surface area contributed by atoms with Gasteiger partial charge < -0.3 is 9.47 Å². The second kappa shape index (κ2) is 4.31. The molecule has 11 heavy (non-hydrogen) atoms. The van der Waals surface area contributed by atoms with Crippen LogP contribution in [0.15, 0.2) is 11.4 Å². The fourth-order valence-electron chi connectivity index (χ4n) is 0.695. The number of rotatable bonds is 4. The Morgan fingerprint density at radius 1 is 1.73 bits per heavy atom. The van der Waals surface area contributed by atoms with E-state index < -0.39 is 0 Å². The van der Waals surface area contributed by atoms with E-state index in [-0.39, 0.29) is 6.29 Å². The third-order valence-corrected chi connectivity index (χ3v) is 1.81. The second-order valence-electron chi connectivity index (χ2n) is 2.03. The third kappa shape index (κ3) is 2.48. The lowest BCUT2D eigenvalue weighted by Gasteiger charge is -2.12. The molecule has 0 saturated heterocycles. The molecule has 3 nitrogen and oxygen atoms in total. The zero-order chi connectivity index (χ0) is 8.10. The molecule has 0 spiro atoms. The number of aromatic nitrogens is 1. The van der Waals surface area contributed by atoms with Crippen LogP contribution in [0.4, 0.5) is 0 Å². The van der Waals surface area contributed by atoms with Gasteiger partial charge in [0.2, 0.25) is 12.2 Å². The topological polar surface area (TPSA) is 31.4 Å². The normalized spacial score (nSPS) is 12.9. The summed E-state index contributed by atoms with van der Waals surface area (Å²) in [6.45, 7) is 2.00. The summed E-state index contributed by atoms with van der Waals surface area (Å²) in [6, 6.07) is 1.83. The maximum atomic E-state index is 5.33. The first-order chi connectivity index (χ1) is 5.36. The molecule has 0 amide bonds. The van der Waals surface area contributed by atoms with Crippen LogP contribution in [0.3, 0.4) is 0 Å². The Labute approximate surface area is 70.1 Å². The molecular formula is C7H11NO2S. The lowest BCUT2D eigenvalue weighted by Crippen LogP contribution is -2.17. The van der Waals surface area contributed by atoms with Crippen LogP contribution in [0.25, 0.3) is 0 Å². The molecule has 0 aromatic carbocycles. The van der Waals surface area contributed by atoms with E-state index in [0.717, 1.165) is 6.42 Å². The number of hydrogen-bond donors (Lipinski definition) is 0. The quantitative estimate of drug-likeness (QED) is 0.652. The van der Waals surface area contributed by atoms with Crippen LogP contribution >= 0.6 is 11.5 Å². The van der Waals surface area contributed by atoms with Crippen LogP contribution in [-0.4, -0.2) is 17.8 Å². The van der Waals surface area contributed by atoms with Crippen molar-refractivity contribution in [1.82, 2.24) is 4.37 Å². The van der Waals surface area contributed by atoms with E-state index in [1.54, 1.807) is 7.11 Å². The number of ether oxygens (including phenoxy) is 2. The Balaban J connectivity index is 2.41. The van der Waals surface area contributed by atoms with Crippen molar-refractivity contribution in [2.75, 3.05) is 7.11 Å². The van der Waals surface area contributed by atoms with E-state index in [0.29, 0.717) is 5.88 Å². The van der Waals surface area contributed by atoms with Gasteiger partial charge in [-0.05, 0) is 11.5 Å². The Kier molecular flexibility index (Phi) is 3.32. The van der Waals surface area contributed by atoms with Crippen LogP contribution in [0.5, 0.6) is 5.88 Å². The zero-order valence-electron chi connectivity index (χ0n) is 6.61. The molecule has 1 aromatic heterocycles. The lowest BCUT2D eigenvalue weighted by molar-refractivity contribution is -0.0568. The third-order valence-electron chi connectivity index (χ3n) is 1.26. The molecule has 0 aliphatic carbocycles. The highest BCUT2D eigenvalue weighted by Crippen LogP contribution is 2.12. The number of nitrogens with zero attached hydrogens (tertiary/aromatic N) is 1. The summed E-state index contributed by atoms with van der Waals surface area (Å²) >= 11 is 1.37. The van der Waals surface area contributed by atoms with Gasteiger partial charge >= 0.3 is 0 Å². The van der Waals surface area contributed by atoms with Gasteiger partial charge in [0.15, 0.2) is 0 Å². The van der Waals surface area contributed by atoms with Crippen LogP contribution in [0.1, 0.15) is 13.3 Å². The minimum atomic E-state index is -0.169. The molecule has 0 N–H and O–H groups in total. The monoisotopic (exact) mass is 173 g/mol.